The third-order valence-electron chi connectivity index (χ3n) is 4.21. The SMILES string of the molecule is O=C(COC(=O)CCc1ccc2c(c1)OCO2)Nc1ccc(C(F)(F)F)cc1[N+](=O)[O-]. The highest BCUT2D eigenvalue weighted by molar-refractivity contribution is 5.94. The van der Waals surface area contributed by atoms with E-state index in [9.17, 15) is 32.9 Å². The molecule has 164 valence electrons. The third kappa shape index (κ3) is 5.62. The number of carbonyl (C=O) groups is 2. The van der Waals surface area contributed by atoms with E-state index in [2.05, 4.69) is 5.32 Å². The van der Waals surface area contributed by atoms with Crippen LogP contribution in [0.25, 0.3) is 0 Å². The molecule has 12 heteroatoms. The summed E-state index contributed by atoms with van der Waals surface area (Å²) in [4.78, 5) is 33.7. The molecule has 0 radical (unpaired) electrons. The summed E-state index contributed by atoms with van der Waals surface area (Å²) < 4.78 is 53.4. The molecule has 0 atom stereocenters. The van der Waals surface area contributed by atoms with E-state index in [4.69, 9.17) is 14.2 Å². The fourth-order valence-corrected chi connectivity index (χ4v) is 2.71. The maximum Gasteiger partial charge on any atom is 0.416 e. The summed E-state index contributed by atoms with van der Waals surface area (Å²) >= 11 is 0. The summed E-state index contributed by atoms with van der Waals surface area (Å²) in [5, 5.41) is 13.1. The predicted molar refractivity (Wildman–Crippen MR) is 98.6 cm³/mol. The van der Waals surface area contributed by atoms with E-state index in [1.807, 2.05) is 0 Å². The summed E-state index contributed by atoms with van der Waals surface area (Å²) in [6.45, 7) is -0.634. The van der Waals surface area contributed by atoms with Gasteiger partial charge in [-0.05, 0) is 36.2 Å². The first-order chi connectivity index (χ1) is 14.6. The van der Waals surface area contributed by atoms with Gasteiger partial charge in [0.1, 0.15) is 5.69 Å². The molecule has 1 N–H and O–H groups in total. The van der Waals surface area contributed by atoms with Crippen LogP contribution in [0, 0.1) is 10.1 Å². The number of aryl methyl sites for hydroxylation is 1. The first-order valence-electron chi connectivity index (χ1n) is 8.83. The molecular weight excluding hydrogens is 425 g/mol. The Hall–Kier alpha value is -3.83. The number of rotatable bonds is 7. The minimum Gasteiger partial charge on any atom is -0.456 e. The summed E-state index contributed by atoms with van der Waals surface area (Å²) in [7, 11) is 0. The Bertz CT molecular complexity index is 1020. The molecule has 31 heavy (non-hydrogen) atoms. The maximum atomic E-state index is 12.7. The van der Waals surface area contributed by atoms with Gasteiger partial charge in [-0.1, -0.05) is 6.07 Å². The van der Waals surface area contributed by atoms with Crippen LogP contribution in [-0.2, 0) is 26.9 Å². The lowest BCUT2D eigenvalue weighted by Crippen LogP contribution is -2.21. The fourth-order valence-electron chi connectivity index (χ4n) is 2.71. The molecule has 1 heterocycles. The van der Waals surface area contributed by atoms with Gasteiger partial charge in [-0.2, -0.15) is 13.2 Å². The highest BCUT2D eigenvalue weighted by atomic mass is 19.4. The van der Waals surface area contributed by atoms with Gasteiger partial charge in [-0.3, -0.25) is 19.7 Å². The number of carbonyl (C=O) groups excluding carboxylic acids is 2. The number of nitrogens with zero attached hydrogens (tertiary/aromatic N) is 1. The molecule has 0 saturated carbocycles. The Morgan fingerprint density at radius 1 is 1.13 bits per heavy atom. The van der Waals surface area contributed by atoms with Gasteiger partial charge in [-0.25, -0.2) is 0 Å². The second kappa shape index (κ2) is 8.90. The lowest BCUT2D eigenvalue weighted by Gasteiger charge is -2.10. The number of hydrogen-bond acceptors (Lipinski definition) is 7. The molecule has 0 aliphatic carbocycles. The molecule has 0 fully saturated rings. The molecule has 1 aliphatic heterocycles. The van der Waals surface area contributed by atoms with Crippen molar-refractivity contribution in [2.45, 2.75) is 19.0 Å². The zero-order valence-corrected chi connectivity index (χ0v) is 15.7. The van der Waals surface area contributed by atoms with Gasteiger partial charge in [0.25, 0.3) is 11.6 Å². The Labute approximate surface area is 172 Å². The van der Waals surface area contributed by atoms with Crippen LogP contribution in [-0.4, -0.2) is 30.2 Å². The van der Waals surface area contributed by atoms with Crippen LogP contribution in [0.1, 0.15) is 17.5 Å². The Balaban J connectivity index is 1.51. The second-order valence-electron chi connectivity index (χ2n) is 6.38. The number of benzene rings is 2. The molecule has 0 bridgehead atoms. The van der Waals surface area contributed by atoms with E-state index in [0.717, 1.165) is 11.6 Å². The van der Waals surface area contributed by atoms with Crippen molar-refractivity contribution in [3.8, 4) is 11.5 Å². The highest BCUT2D eigenvalue weighted by Gasteiger charge is 2.33. The number of ether oxygens (including phenoxy) is 3. The molecule has 9 nitrogen and oxygen atoms in total. The fraction of sp³-hybridized carbons (Fsp3) is 0.263. The van der Waals surface area contributed by atoms with E-state index in [1.165, 1.54) is 0 Å². The Morgan fingerprint density at radius 2 is 1.87 bits per heavy atom. The van der Waals surface area contributed by atoms with Crippen LogP contribution in [0.3, 0.4) is 0 Å². The number of hydrogen-bond donors (Lipinski definition) is 1. The standard InChI is InChI=1S/C19H15F3N2O7/c20-19(21,22)12-3-4-13(14(8-12)24(27)28)23-17(25)9-29-18(26)6-2-11-1-5-15-16(7-11)31-10-30-15/h1,3-5,7-8H,2,6,9-10H2,(H,23,25). The largest absolute Gasteiger partial charge is 0.456 e. The Kier molecular flexibility index (Phi) is 6.28. The van der Waals surface area contributed by atoms with Crippen molar-refractivity contribution in [3.05, 3.63) is 57.6 Å². The minimum absolute atomic E-state index is 0.0483. The monoisotopic (exact) mass is 440 g/mol. The number of amides is 1. The van der Waals surface area contributed by atoms with Crippen molar-refractivity contribution in [2.24, 2.45) is 0 Å². The van der Waals surface area contributed by atoms with Crippen LogP contribution < -0.4 is 14.8 Å². The topological polar surface area (TPSA) is 117 Å². The first kappa shape index (κ1) is 21.9. The average Bonchev–Trinajstić information content (AvgIpc) is 3.18. The Morgan fingerprint density at radius 3 is 2.58 bits per heavy atom. The van der Waals surface area contributed by atoms with E-state index in [-0.39, 0.29) is 13.2 Å². The molecule has 3 rings (SSSR count). The molecule has 2 aromatic carbocycles. The average molecular weight is 440 g/mol. The molecule has 0 saturated heterocycles. The van der Waals surface area contributed by atoms with E-state index in [0.29, 0.717) is 30.1 Å². The molecule has 0 unspecified atom stereocenters. The third-order valence-corrected chi connectivity index (χ3v) is 4.21. The number of alkyl halides is 3. The van der Waals surface area contributed by atoms with Crippen molar-refractivity contribution < 1.29 is 41.9 Å². The predicted octanol–water partition coefficient (Wildman–Crippen LogP) is 3.46. The van der Waals surface area contributed by atoms with E-state index < -0.39 is 46.5 Å². The van der Waals surface area contributed by atoms with Gasteiger partial charge in [0, 0.05) is 12.5 Å². The molecule has 1 amide bonds. The van der Waals surface area contributed by atoms with Crippen molar-refractivity contribution in [1.82, 2.24) is 0 Å². The van der Waals surface area contributed by atoms with Crippen molar-refractivity contribution in [2.75, 3.05) is 18.7 Å². The minimum atomic E-state index is -4.78. The van der Waals surface area contributed by atoms with Crippen LogP contribution in [0.15, 0.2) is 36.4 Å². The number of nitro benzene ring substituents is 1. The zero-order valence-electron chi connectivity index (χ0n) is 15.7. The van der Waals surface area contributed by atoms with Gasteiger partial charge in [0.05, 0.1) is 10.5 Å². The van der Waals surface area contributed by atoms with Crippen LogP contribution >= 0.6 is 0 Å². The van der Waals surface area contributed by atoms with Gasteiger partial charge in [-0.15, -0.1) is 0 Å². The normalized spacial score (nSPS) is 12.4. The number of nitrogens with one attached hydrogen (secondary N) is 1. The lowest BCUT2D eigenvalue weighted by molar-refractivity contribution is -0.384. The zero-order chi connectivity index (χ0) is 22.6. The number of anilines is 1. The summed E-state index contributed by atoms with van der Waals surface area (Å²) in [5.41, 5.74) is -1.82. The first-order valence-corrected chi connectivity index (χ1v) is 8.83. The molecular formula is C19H15F3N2O7. The van der Waals surface area contributed by atoms with E-state index in [1.54, 1.807) is 18.2 Å². The van der Waals surface area contributed by atoms with Gasteiger partial charge in [0.15, 0.2) is 18.1 Å². The summed E-state index contributed by atoms with van der Waals surface area (Å²) in [6, 6.07) is 6.84. The number of nitro groups is 1. The smallest absolute Gasteiger partial charge is 0.416 e. The highest BCUT2D eigenvalue weighted by Crippen LogP contribution is 2.35. The van der Waals surface area contributed by atoms with Gasteiger partial charge in [0.2, 0.25) is 6.79 Å². The number of halogens is 3. The van der Waals surface area contributed by atoms with Crippen molar-refractivity contribution in [1.29, 1.82) is 0 Å². The van der Waals surface area contributed by atoms with Crippen molar-refractivity contribution in [3.63, 3.8) is 0 Å². The van der Waals surface area contributed by atoms with Crippen LogP contribution in [0.5, 0.6) is 11.5 Å². The molecule has 0 aromatic heterocycles. The number of esters is 1. The maximum absolute atomic E-state index is 12.7. The molecule has 1 aliphatic rings. The van der Waals surface area contributed by atoms with Gasteiger partial charge >= 0.3 is 12.1 Å². The summed E-state index contributed by atoms with van der Waals surface area (Å²) in [5.74, 6) is -0.474. The molecule has 0 spiro atoms. The second-order valence-corrected chi connectivity index (χ2v) is 6.38. The van der Waals surface area contributed by atoms with E-state index >= 15 is 0 Å². The quantitative estimate of drug-likeness (QED) is 0.398. The molecule has 2 aromatic rings. The van der Waals surface area contributed by atoms with Crippen molar-refractivity contribution >= 4 is 23.3 Å². The van der Waals surface area contributed by atoms with Gasteiger partial charge < -0.3 is 19.5 Å². The summed E-state index contributed by atoms with van der Waals surface area (Å²) in [6.07, 6.45) is -4.52. The van der Waals surface area contributed by atoms with Crippen LogP contribution in [0.2, 0.25) is 0 Å². The lowest BCUT2D eigenvalue weighted by atomic mass is 10.1. The number of fused-ring (bicyclic) bond motifs is 1. The van der Waals surface area contributed by atoms with Crippen LogP contribution in [0.4, 0.5) is 24.5 Å².